The number of aliphatic hydroxyl groups is 1. The maximum Gasteiger partial charge on any atom is 0.340 e. The van der Waals surface area contributed by atoms with Crippen molar-refractivity contribution in [3.05, 3.63) is 71.8 Å². The molecule has 1 heterocycles. The van der Waals surface area contributed by atoms with Gasteiger partial charge in [0.25, 0.3) is 0 Å². The Hall–Kier alpha value is -2.70. The third-order valence-corrected chi connectivity index (χ3v) is 8.20. The van der Waals surface area contributed by atoms with Crippen molar-refractivity contribution in [3.8, 4) is 0 Å². The van der Waals surface area contributed by atoms with Crippen LogP contribution in [0.3, 0.4) is 0 Å². The van der Waals surface area contributed by atoms with Crippen molar-refractivity contribution < 1.29 is 28.9 Å². The third kappa shape index (κ3) is 11.2. The Labute approximate surface area is 246 Å². The summed E-state index contributed by atoms with van der Waals surface area (Å²) in [4.78, 5) is 25.2. The first-order valence-electron chi connectivity index (χ1n) is 15.5. The second-order valence-electron chi connectivity index (χ2n) is 12.1. The van der Waals surface area contributed by atoms with Gasteiger partial charge in [0, 0.05) is 13.5 Å². The Morgan fingerprint density at radius 1 is 0.927 bits per heavy atom. The number of esters is 2. The van der Waals surface area contributed by atoms with Crippen molar-refractivity contribution in [1.82, 2.24) is 0 Å². The molecule has 0 amide bonds. The number of methoxy groups -OCH3 is 1. The Kier molecular flexibility index (Phi) is 13.3. The molecule has 2 aromatic rings. The summed E-state index contributed by atoms with van der Waals surface area (Å²) >= 11 is 0. The van der Waals surface area contributed by atoms with Gasteiger partial charge in [-0.05, 0) is 44.2 Å². The standard InChI is InChI=1S/C35H50O6/c1-34(38,25-19-11-9-7-5-4-6-8-10-14-20-28-21-15-12-16-22-28)27-35(2)30(26-31(36)41-35)40-33(37)32(39-3)29-23-17-13-18-24-29/h12-13,15-18,21-24,30,32,38H,4-11,14,19-20,25-27H2,1-3H3/t30-,32-,34-,35-/m0/s1. The van der Waals surface area contributed by atoms with E-state index in [1.165, 1.54) is 64.0 Å². The molecule has 6 heteroatoms. The van der Waals surface area contributed by atoms with Crippen LogP contribution in [0.1, 0.15) is 115 Å². The molecule has 0 radical (unpaired) electrons. The predicted molar refractivity (Wildman–Crippen MR) is 161 cm³/mol. The Balaban J connectivity index is 1.31. The second kappa shape index (κ2) is 16.7. The van der Waals surface area contributed by atoms with Crippen LogP contribution in [0.2, 0.25) is 0 Å². The van der Waals surface area contributed by atoms with Gasteiger partial charge in [-0.15, -0.1) is 0 Å². The maximum absolute atomic E-state index is 13.0. The zero-order valence-electron chi connectivity index (χ0n) is 25.3. The molecule has 1 aliphatic rings. The first kappa shape index (κ1) is 32.8. The van der Waals surface area contributed by atoms with Gasteiger partial charge >= 0.3 is 11.9 Å². The molecule has 1 fully saturated rings. The van der Waals surface area contributed by atoms with Crippen molar-refractivity contribution in [2.24, 2.45) is 0 Å². The van der Waals surface area contributed by atoms with Crippen molar-refractivity contribution >= 4 is 11.9 Å². The monoisotopic (exact) mass is 566 g/mol. The van der Waals surface area contributed by atoms with Gasteiger partial charge in [-0.1, -0.05) is 118 Å². The summed E-state index contributed by atoms with van der Waals surface area (Å²) in [6.07, 6.45) is 12.4. The largest absolute Gasteiger partial charge is 0.455 e. The summed E-state index contributed by atoms with van der Waals surface area (Å²) in [6.45, 7) is 3.53. The van der Waals surface area contributed by atoms with Crippen LogP contribution < -0.4 is 0 Å². The molecule has 1 N–H and O–H groups in total. The quantitative estimate of drug-likeness (QED) is 0.139. The summed E-state index contributed by atoms with van der Waals surface area (Å²) in [6, 6.07) is 19.8. The van der Waals surface area contributed by atoms with Crippen molar-refractivity contribution in [3.63, 3.8) is 0 Å². The fourth-order valence-electron chi connectivity index (χ4n) is 5.99. The summed E-state index contributed by atoms with van der Waals surface area (Å²) in [7, 11) is 1.45. The first-order valence-corrected chi connectivity index (χ1v) is 15.5. The summed E-state index contributed by atoms with van der Waals surface area (Å²) in [5.74, 6) is -0.994. The Morgan fingerprint density at radius 2 is 1.46 bits per heavy atom. The lowest BCUT2D eigenvalue weighted by molar-refractivity contribution is -0.177. The van der Waals surface area contributed by atoms with E-state index < -0.39 is 35.3 Å². The molecule has 0 spiro atoms. The summed E-state index contributed by atoms with van der Waals surface area (Å²) < 4.78 is 16.8. The van der Waals surface area contributed by atoms with E-state index in [2.05, 4.69) is 30.3 Å². The fraction of sp³-hybridized carbons (Fsp3) is 0.600. The van der Waals surface area contributed by atoms with E-state index in [0.717, 1.165) is 19.3 Å². The fourth-order valence-corrected chi connectivity index (χ4v) is 5.99. The smallest absolute Gasteiger partial charge is 0.340 e. The molecule has 1 saturated heterocycles. The number of cyclic esters (lactones) is 1. The number of aryl methyl sites for hydroxylation is 1. The minimum Gasteiger partial charge on any atom is -0.455 e. The number of ether oxygens (including phenoxy) is 3. The number of hydrogen-bond acceptors (Lipinski definition) is 6. The highest BCUT2D eigenvalue weighted by molar-refractivity contribution is 5.79. The maximum atomic E-state index is 13.0. The molecule has 6 nitrogen and oxygen atoms in total. The van der Waals surface area contributed by atoms with Crippen LogP contribution in [0.25, 0.3) is 0 Å². The first-order chi connectivity index (χ1) is 19.7. The number of carbonyl (C=O) groups excluding carboxylic acids is 2. The number of benzene rings is 2. The van der Waals surface area contributed by atoms with E-state index in [1.54, 1.807) is 26.0 Å². The van der Waals surface area contributed by atoms with E-state index in [0.29, 0.717) is 12.0 Å². The molecule has 3 rings (SSSR count). The molecule has 0 bridgehead atoms. The second-order valence-corrected chi connectivity index (χ2v) is 12.1. The van der Waals surface area contributed by atoms with Gasteiger partial charge in [-0.3, -0.25) is 4.79 Å². The van der Waals surface area contributed by atoms with Crippen molar-refractivity contribution in [1.29, 1.82) is 0 Å². The van der Waals surface area contributed by atoms with Crippen LogP contribution in [0.15, 0.2) is 60.7 Å². The lowest BCUT2D eigenvalue weighted by atomic mass is 9.82. The molecular weight excluding hydrogens is 516 g/mol. The molecule has 4 atom stereocenters. The molecule has 1 aliphatic heterocycles. The van der Waals surface area contributed by atoms with E-state index in [9.17, 15) is 14.7 Å². The van der Waals surface area contributed by atoms with E-state index in [1.807, 2.05) is 18.2 Å². The molecule has 0 saturated carbocycles. The van der Waals surface area contributed by atoms with Crippen molar-refractivity contribution in [2.45, 2.75) is 127 Å². The SMILES string of the molecule is CO[C@H](C(=O)O[C@H]1CC(=O)O[C@@]1(C)C[C@@](C)(O)CCCCCCCCCCCCc1ccccc1)c1ccccc1. The summed E-state index contributed by atoms with van der Waals surface area (Å²) in [5, 5.41) is 11.2. The lowest BCUT2D eigenvalue weighted by Crippen LogP contribution is -2.46. The van der Waals surface area contributed by atoms with Gasteiger partial charge in [0.1, 0.15) is 5.60 Å². The molecular formula is C35H50O6. The minimum atomic E-state index is -1.09. The summed E-state index contributed by atoms with van der Waals surface area (Å²) in [5.41, 5.74) is -0.0131. The zero-order chi connectivity index (χ0) is 29.6. The zero-order valence-corrected chi connectivity index (χ0v) is 25.3. The molecule has 2 aromatic carbocycles. The molecule has 226 valence electrons. The van der Waals surface area contributed by atoms with Crippen LogP contribution in [0.4, 0.5) is 0 Å². The van der Waals surface area contributed by atoms with Gasteiger partial charge in [-0.2, -0.15) is 0 Å². The van der Waals surface area contributed by atoms with Gasteiger partial charge in [0.2, 0.25) is 0 Å². The van der Waals surface area contributed by atoms with Gasteiger partial charge in [0.05, 0.1) is 12.0 Å². The van der Waals surface area contributed by atoms with E-state index >= 15 is 0 Å². The van der Waals surface area contributed by atoms with Crippen LogP contribution >= 0.6 is 0 Å². The van der Waals surface area contributed by atoms with Gasteiger partial charge < -0.3 is 19.3 Å². The lowest BCUT2D eigenvalue weighted by Gasteiger charge is -2.36. The van der Waals surface area contributed by atoms with Crippen molar-refractivity contribution in [2.75, 3.05) is 7.11 Å². The van der Waals surface area contributed by atoms with Gasteiger partial charge in [0.15, 0.2) is 12.2 Å². The normalized spacial score (nSPS) is 20.8. The van der Waals surface area contributed by atoms with E-state index in [-0.39, 0.29) is 12.8 Å². The highest BCUT2D eigenvalue weighted by atomic mass is 16.6. The van der Waals surface area contributed by atoms with Crippen LogP contribution in [-0.4, -0.2) is 41.5 Å². The number of rotatable bonds is 19. The van der Waals surface area contributed by atoms with Gasteiger partial charge in [-0.25, -0.2) is 4.79 Å². The minimum absolute atomic E-state index is 0.0312. The number of carbonyl (C=O) groups is 2. The predicted octanol–water partition coefficient (Wildman–Crippen LogP) is 7.67. The Morgan fingerprint density at radius 3 is 2.05 bits per heavy atom. The molecule has 0 unspecified atom stereocenters. The highest BCUT2D eigenvalue weighted by Gasteiger charge is 2.51. The highest BCUT2D eigenvalue weighted by Crippen LogP contribution is 2.39. The number of unbranched alkanes of at least 4 members (excludes halogenated alkanes) is 9. The third-order valence-electron chi connectivity index (χ3n) is 8.20. The molecule has 41 heavy (non-hydrogen) atoms. The topological polar surface area (TPSA) is 82.1 Å². The van der Waals surface area contributed by atoms with Crippen LogP contribution in [-0.2, 0) is 30.2 Å². The Bertz CT molecular complexity index is 1040. The molecule has 0 aromatic heterocycles. The van der Waals surface area contributed by atoms with Crippen LogP contribution in [0.5, 0.6) is 0 Å². The average Bonchev–Trinajstić information content (AvgIpc) is 3.21. The average molecular weight is 567 g/mol. The van der Waals surface area contributed by atoms with E-state index in [4.69, 9.17) is 14.2 Å². The van der Waals surface area contributed by atoms with Crippen LogP contribution in [0, 0.1) is 0 Å². The molecule has 0 aliphatic carbocycles. The number of hydrogen-bond donors (Lipinski definition) is 1.